The van der Waals surface area contributed by atoms with Gasteiger partial charge in [-0.2, -0.15) is 0 Å². The summed E-state index contributed by atoms with van der Waals surface area (Å²) in [6.07, 6.45) is 4.64. The highest BCUT2D eigenvalue weighted by Crippen LogP contribution is 2.67. The molecule has 1 spiro atoms. The summed E-state index contributed by atoms with van der Waals surface area (Å²) in [7, 11) is 3.56. The predicted molar refractivity (Wildman–Crippen MR) is 148 cm³/mol. The molecule has 2 aromatic carbocycles. The Morgan fingerprint density at radius 1 is 1.20 bits per heavy atom. The summed E-state index contributed by atoms with van der Waals surface area (Å²) in [4.78, 5) is 30.4. The van der Waals surface area contributed by atoms with Crippen LogP contribution in [0.4, 0.5) is 10.1 Å². The number of halogens is 1. The smallest absolute Gasteiger partial charge is 0.303 e. The molecule has 0 aromatic heterocycles. The predicted octanol–water partition coefficient (Wildman–Crippen LogP) is 3.04. The second kappa shape index (κ2) is 9.31. The van der Waals surface area contributed by atoms with Crippen LogP contribution in [0.15, 0.2) is 54.6 Å². The van der Waals surface area contributed by atoms with Crippen LogP contribution in [0.25, 0.3) is 0 Å². The molecule has 0 bridgehead atoms. The molecule has 2 fully saturated rings. The van der Waals surface area contributed by atoms with Gasteiger partial charge in [0.25, 0.3) is 5.91 Å². The highest BCUT2D eigenvalue weighted by atomic mass is 19.1. The van der Waals surface area contributed by atoms with Crippen molar-refractivity contribution < 1.29 is 28.6 Å². The number of amides is 1. The van der Waals surface area contributed by atoms with Gasteiger partial charge in [-0.05, 0) is 43.1 Å². The van der Waals surface area contributed by atoms with Crippen molar-refractivity contribution >= 4 is 17.6 Å². The number of likely N-dealkylation sites (N-methyl/N-ethyl adjacent to an activating group) is 1. The number of methoxy groups -OCH3 is 1. The first kappa shape index (κ1) is 26.8. The number of fused-ring (bicyclic) bond motifs is 1. The van der Waals surface area contributed by atoms with Gasteiger partial charge in [-0.3, -0.25) is 14.5 Å². The van der Waals surface area contributed by atoms with E-state index in [4.69, 9.17) is 9.47 Å². The van der Waals surface area contributed by atoms with Gasteiger partial charge < -0.3 is 24.8 Å². The third kappa shape index (κ3) is 3.43. The summed E-state index contributed by atoms with van der Waals surface area (Å²) in [6.45, 7) is 4.76. The highest BCUT2D eigenvalue weighted by Gasteiger charge is 2.77. The molecule has 4 aliphatic rings. The molecule has 1 amide bonds. The van der Waals surface area contributed by atoms with Gasteiger partial charge in [-0.25, -0.2) is 4.39 Å². The minimum Gasteiger partial charge on any atom is -0.497 e. The number of carbonyl (C=O) groups is 2. The molecule has 1 saturated heterocycles. The number of ether oxygens (including phenoxy) is 2. The van der Waals surface area contributed by atoms with Gasteiger partial charge >= 0.3 is 5.97 Å². The maximum absolute atomic E-state index is 14.5. The van der Waals surface area contributed by atoms with E-state index in [0.717, 1.165) is 30.8 Å². The van der Waals surface area contributed by atoms with E-state index >= 15 is 0 Å². The Balaban J connectivity index is 1.55. The van der Waals surface area contributed by atoms with Gasteiger partial charge in [0.2, 0.25) is 0 Å². The fourth-order valence-corrected chi connectivity index (χ4v) is 8.61. The molecular formula is C31H36FN3O5. The number of aliphatic hydroxyl groups is 1. The molecule has 3 heterocycles. The van der Waals surface area contributed by atoms with Crippen LogP contribution in [-0.4, -0.2) is 79.5 Å². The Labute approximate surface area is 233 Å². The SMILES string of the molecule is CC[C@]12C=CCN3CC[C@@]4(c5ccc(OC)cc5N(C)[C@H]4[C@@](O)(CNC(=O)c4ccccc4F)[C@@H]1OC(C)=O)[C@@H]32. The van der Waals surface area contributed by atoms with Crippen molar-refractivity contribution in [3.8, 4) is 5.75 Å². The molecular weight excluding hydrogens is 513 g/mol. The van der Waals surface area contributed by atoms with E-state index in [1.54, 1.807) is 13.2 Å². The Hall–Kier alpha value is -3.43. The van der Waals surface area contributed by atoms with E-state index in [0.29, 0.717) is 12.2 Å². The molecule has 2 aromatic rings. The average molecular weight is 550 g/mol. The lowest BCUT2D eigenvalue weighted by Crippen LogP contribution is -2.81. The van der Waals surface area contributed by atoms with Crippen molar-refractivity contribution in [1.82, 2.24) is 10.2 Å². The van der Waals surface area contributed by atoms with Crippen LogP contribution in [0, 0.1) is 11.2 Å². The standard InChI is InChI=1S/C31H36FN3O5/c1-5-29-13-8-15-35-16-14-30(26(29)35)22-12-11-20(39-4)17-24(22)34(3)27(30)31(38,28(29)40-19(2)36)18-33-25(37)21-9-6-7-10-23(21)32/h6-13,17,26-28,38H,5,14-16,18H2,1-4H3,(H,33,37)/t26-,27+,28+,29+,30+,31-/m0/s1. The van der Waals surface area contributed by atoms with Crippen LogP contribution < -0.4 is 15.0 Å². The maximum Gasteiger partial charge on any atom is 0.303 e. The molecule has 3 aliphatic heterocycles. The fourth-order valence-electron chi connectivity index (χ4n) is 8.61. The molecule has 8 nitrogen and oxygen atoms in total. The average Bonchev–Trinajstić information content (AvgIpc) is 3.46. The lowest BCUT2D eigenvalue weighted by atomic mass is 9.47. The first-order chi connectivity index (χ1) is 19.1. The highest BCUT2D eigenvalue weighted by molar-refractivity contribution is 5.94. The summed E-state index contributed by atoms with van der Waals surface area (Å²) in [5, 5.41) is 15.8. The molecule has 40 heavy (non-hydrogen) atoms. The number of rotatable bonds is 6. The number of hydrogen-bond acceptors (Lipinski definition) is 7. The molecule has 0 radical (unpaired) electrons. The van der Waals surface area contributed by atoms with Crippen LogP contribution in [0.5, 0.6) is 5.75 Å². The summed E-state index contributed by atoms with van der Waals surface area (Å²) in [5.41, 5.74) is -1.03. The second-order valence-corrected chi connectivity index (χ2v) is 11.6. The van der Waals surface area contributed by atoms with Gasteiger partial charge in [-0.15, -0.1) is 0 Å². The van der Waals surface area contributed by atoms with Gasteiger partial charge in [0, 0.05) is 49.1 Å². The zero-order chi connectivity index (χ0) is 28.4. The number of hydrogen-bond donors (Lipinski definition) is 2. The molecule has 0 unspecified atom stereocenters. The molecule has 9 heteroatoms. The summed E-state index contributed by atoms with van der Waals surface area (Å²) >= 11 is 0. The number of benzene rings is 2. The van der Waals surface area contributed by atoms with Gasteiger partial charge in [-0.1, -0.05) is 37.3 Å². The molecule has 1 aliphatic carbocycles. The Morgan fingerprint density at radius 3 is 2.67 bits per heavy atom. The van der Waals surface area contributed by atoms with Crippen molar-refractivity contribution in [3.05, 3.63) is 71.6 Å². The van der Waals surface area contributed by atoms with E-state index in [2.05, 4.69) is 40.3 Å². The van der Waals surface area contributed by atoms with Crippen LogP contribution in [-0.2, 0) is 14.9 Å². The van der Waals surface area contributed by atoms with Crippen molar-refractivity contribution in [2.75, 3.05) is 38.7 Å². The van der Waals surface area contributed by atoms with Crippen molar-refractivity contribution in [2.45, 2.75) is 55.9 Å². The van der Waals surface area contributed by atoms with Crippen molar-refractivity contribution in [3.63, 3.8) is 0 Å². The number of nitrogens with zero attached hydrogens (tertiary/aromatic N) is 2. The number of nitrogens with one attached hydrogen (secondary N) is 1. The van der Waals surface area contributed by atoms with E-state index in [-0.39, 0.29) is 18.2 Å². The second-order valence-electron chi connectivity index (χ2n) is 11.6. The normalized spacial score (nSPS) is 33.6. The van der Waals surface area contributed by atoms with Crippen LogP contribution in [0.3, 0.4) is 0 Å². The van der Waals surface area contributed by atoms with Crippen LogP contribution in [0.1, 0.15) is 42.6 Å². The quantitative estimate of drug-likeness (QED) is 0.423. The third-order valence-corrected chi connectivity index (χ3v) is 9.87. The van der Waals surface area contributed by atoms with Crippen molar-refractivity contribution in [1.29, 1.82) is 0 Å². The van der Waals surface area contributed by atoms with Gasteiger partial charge in [0.1, 0.15) is 23.3 Å². The molecule has 1 saturated carbocycles. The summed E-state index contributed by atoms with van der Waals surface area (Å²) in [5.74, 6) is -1.09. The van der Waals surface area contributed by atoms with Crippen LogP contribution >= 0.6 is 0 Å². The van der Waals surface area contributed by atoms with Gasteiger partial charge in [0.05, 0.1) is 25.3 Å². The first-order valence-corrected chi connectivity index (χ1v) is 13.9. The molecule has 212 valence electrons. The fraction of sp³-hybridized carbons (Fsp3) is 0.484. The van der Waals surface area contributed by atoms with Crippen LogP contribution in [0.2, 0.25) is 0 Å². The number of esters is 1. The maximum atomic E-state index is 14.5. The Bertz CT molecular complexity index is 1400. The van der Waals surface area contributed by atoms with E-state index < -0.39 is 46.3 Å². The van der Waals surface area contributed by atoms with E-state index in [1.165, 1.54) is 25.1 Å². The minimum absolute atomic E-state index is 0.0519. The third-order valence-electron chi connectivity index (χ3n) is 9.87. The first-order valence-electron chi connectivity index (χ1n) is 13.9. The largest absolute Gasteiger partial charge is 0.497 e. The zero-order valence-corrected chi connectivity index (χ0v) is 23.3. The summed E-state index contributed by atoms with van der Waals surface area (Å²) < 4.78 is 26.2. The number of carbonyl (C=O) groups excluding carboxylic acids is 2. The lowest BCUT2D eigenvalue weighted by molar-refractivity contribution is -0.216. The molecule has 2 N–H and O–H groups in total. The number of anilines is 1. The minimum atomic E-state index is -1.72. The molecule has 6 rings (SSSR count). The summed E-state index contributed by atoms with van der Waals surface area (Å²) in [6, 6.07) is 11.2. The Morgan fingerprint density at radius 2 is 1.98 bits per heavy atom. The van der Waals surface area contributed by atoms with Gasteiger partial charge in [0.15, 0.2) is 0 Å². The van der Waals surface area contributed by atoms with E-state index in [9.17, 15) is 19.1 Å². The zero-order valence-electron chi connectivity index (χ0n) is 23.3. The Kier molecular flexibility index (Phi) is 6.23. The van der Waals surface area contributed by atoms with E-state index in [1.807, 2.05) is 19.2 Å². The van der Waals surface area contributed by atoms with Crippen molar-refractivity contribution in [2.24, 2.45) is 5.41 Å². The topological polar surface area (TPSA) is 91.3 Å². The lowest BCUT2D eigenvalue weighted by Gasteiger charge is -2.64. The monoisotopic (exact) mass is 549 g/mol. The molecule has 6 atom stereocenters.